The van der Waals surface area contributed by atoms with Crippen LogP contribution in [0.5, 0.6) is 5.75 Å². The molecular formula is C19H19F3N2O4S. The van der Waals surface area contributed by atoms with Crippen molar-refractivity contribution in [1.29, 1.82) is 0 Å². The number of hydrogen-bond donors (Lipinski definition) is 1. The molecule has 3 rings (SSSR count). The number of fused-ring (bicyclic) bond motifs is 1. The Balaban J connectivity index is 2.50. The lowest BCUT2D eigenvalue weighted by Gasteiger charge is -2.38. The molecule has 1 aromatic heterocycles. The molecule has 1 aliphatic heterocycles. The van der Waals surface area contributed by atoms with Crippen molar-refractivity contribution in [3.05, 3.63) is 69.3 Å². The van der Waals surface area contributed by atoms with E-state index in [1.54, 1.807) is 13.8 Å². The third-order valence-electron chi connectivity index (χ3n) is 4.52. The molecule has 1 N–H and O–H groups in total. The van der Waals surface area contributed by atoms with Crippen molar-refractivity contribution in [3.63, 3.8) is 0 Å². The lowest BCUT2D eigenvalue weighted by molar-refractivity contribution is -0.138. The molecule has 0 bridgehead atoms. The third-order valence-corrected chi connectivity index (χ3v) is 5.10. The van der Waals surface area contributed by atoms with Crippen LogP contribution >= 0.6 is 0 Å². The van der Waals surface area contributed by atoms with E-state index in [0.717, 1.165) is 16.9 Å². The number of benzene rings is 1. The predicted octanol–water partition coefficient (Wildman–Crippen LogP) is 3.11. The molecule has 0 aliphatic carbocycles. The van der Waals surface area contributed by atoms with E-state index in [0.29, 0.717) is 0 Å². The second-order valence-corrected chi connectivity index (χ2v) is 8.98. The molecule has 0 saturated carbocycles. The lowest BCUT2D eigenvalue weighted by Crippen LogP contribution is -2.45. The Morgan fingerprint density at radius 1 is 1.14 bits per heavy atom. The Labute approximate surface area is 165 Å². The zero-order valence-electron chi connectivity index (χ0n) is 16.1. The number of hydrogen-bond acceptors (Lipinski definition) is 4. The minimum absolute atomic E-state index is 0.00130. The average molecular weight is 428 g/mol. The lowest BCUT2D eigenvalue weighted by atomic mass is 9.90. The topological polar surface area (TPSA) is 77.4 Å². The summed E-state index contributed by atoms with van der Waals surface area (Å²) < 4.78 is 73.8. The van der Waals surface area contributed by atoms with Crippen molar-refractivity contribution in [1.82, 2.24) is 9.29 Å². The van der Waals surface area contributed by atoms with Crippen molar-refractivity contribution in [2.45, 2.75) is 32.5 Å². The van der Waals surface area contributed by atoms with Crippen molar-refractivity contribution >= 4 is 15.7 Å². The van der Waals surface area contributed by atoms with Gasteiger partial charge in [-0.1, -0.05) is 6.07 Å². The molecule has 2 heterocycles. The van der Waals surface area contributed by atoms with Gasteiger partial charge in [-0.25, -0.2) is 8.42 Å². The maximum atomic E-state index is 13.5. The second kappa shape index (κ2) is 6.65. The number of pyridine rings is 1. The summed E-state index contributed by atoms with van der Waals surface area (Å²) in [4.78, 5) is 12.5. The predicted molar refractivity (Wildman–Crippen MR) is 102 cm³/mol. The molecule has 1 aromatic carbocycles. The molecule has 0 unspecified atom stereocenters. The summed E-state index contributed by atoms with van der Waals surface area (Å²) in [6.07, 6.45) is -2.36. The minimum atomic E-state index is -4.64. The van der Waals surface area contributed by atoms with Gasteiger partial charge < -0.3 is 4.74 Å². The molecule has 1 aliphatic rings. The fourth-order valence-corrected chi connectivity index (χ4v) is 4.03. The van der Waals surface area contributed by atoms with Crippen molar-refractivity contribution in [2.24, 2.45) is 0 Å². The number of ether oxygens (including phenoxy) is 1. The van der Waals surface area contributed by atoms with Crippen LogP contribution in [0.3, 0.4) is 0 Å². The number of aromatic nitrogens is 1. The number of rotatable bonds is 3. The molecule has 0 fully saturated rings. The van der Waals surface area contributed by atoms with Crippen LogP contribution in [0, 0.1) is 6.92 Å². The minimum Gasteiger partial charge on any atom is -0.481 e. The van der Waals surface area contributed by atoms with Gasteiger partial charge in [-0.2, -0.15) is 13.2 Å². The van der Waals surface area contributed by atoms with Gasteiger partial charge in [-0.3, -0.25) is 14.1 Å². The summed E-state index contributed by atoms with van der Waals surface area (Å²) in [6.45, 7) is 4.38. The first-order chi connectivity index (χ1) is 13.2. The van der Waals surface area contributed by atoms with Gasteiger partial charge in [0.15, 0.2) is 0 Å². The van der Waals surface area contributed by atoms with Gasteiger partial charge in [0.2, 0.25) is 10.0 Å². The quantitative estimate of drug-likeness (QED) is 0.815. The number of sulfonamides is 1. The summed E-state index contributed by atoms with van der Waals surface area (Å²) in [7, 11) is -3.83. The molecule has 0 spiro atoms. The van der Waals surface area contributed by atoms with Crippen molar-refractivity contribution in [2.75, 3.05) is 6.26 Å². The molecule has 0 saturated heterocycles. The number of halogens is 3. The van der Waals surface area contributed by atoms with E-state index < -0.39 is 32.9 Å². The van der Waals surface area contributed by atoms with Crippen LogP contribution in [0.4, 0.5) is 13.2 Å². The summed E-state index contributed by atoms with van der Waals surface area (Å²) in [6, 6.07) is 6.32. The third kappa shape index (κ3) is 3.89. The standard InChI is InChI=1S/C19H19F3N2O4S/c1-11-12(19(20,21)22)8-9-13-15(11)16(24-10-6-5-7-14(24)25)17(18(2,3)28-13)23-29(4,26)27/h5-10,23H,1-4H3. The zero-order valence-corrected chi connectivity index (χ0v) is 16.9. The molecule has 10 heteroatoms. The van der Waals surface area contributed by atoms with E-state index in [2.05, 4.69) is 4.72 Å². The van der Waals surface area contributed by atoms with Crippen molar-refractivity contribution in [3.8, 4) is 5.75 Å². The Hall–Kier alpha value is -2.75. The summed E-state index contributed by atoms with van der Waals surface area (Å²) in [5, 5.41) is 0. The smallest absolute Gasteiger partial charge is 0.416 e. The van der Waals surface area contributed by atoms with E-state index >= 15 is 0 Å². The monoisotopic (exact) mass is 428 g/mol. The Morgan fingerprint density at radius 2 is 1.79 bits per heavy atom. The fourth-order valence-electron chi connectivity index (χ4n) is 3.32. The van der Waals surface area contributed by atoms with Gasteiger partial charge in [0.1, 0.15) is 11.4 Å². The van der Waals surface area contributed by atoms with E-state index in [1.807, 2.05) is 0 Å². The number of alkyl halides is 3. The largest absolute Gasteiger partial charge is 0.481 e. The first-order valence-corrected chi connectivity index (χ1v) is 10.4. The summed E-state index contributed by atoms with van der Waals surface area (Å²) in [5.74, 6) is 0.116. The summed E-state index contributed by atoms with van der Waals surface area (Å²) >= 11 is 0. The molecule has 29 heavy (non-hydrogen) atoms. The molecule has 156 valence electrons. The van der Waals surface area contributed by atoms with E-state index in [4.69, 9.17) is 4.74 Å². The number of nitrogens with zero attached hydrogens (tertiary/aromatic N) is 1. The molecule has 0 amide bonds. The highest BCUT2D eigenvalue weighted by molar-refractivity contribution is 7.88. The van der Waals surface area contributed by atoms with Crippen LogP contribution in [0.1, 0.15) is 30.5 Å². The van der Waals surface area contributed by atoms with Crippen LogP contribution in [0.15, 0.2) is 47.0 Å². The molecule has 0 radical (unpaired) electrons. The van der Waals surface area contributed by atoms with E-state index in [-0.39, 0.29) is 28.3 Å². The van der Waals surface area contributed by atoms with E-state index in [1.165, 1.54) is 37.4 Å². The molecular weight excluding hydrogens is 409 g/mol. The second-order valence-electron chi connectivity index (χ2n) is 7.23. The SMILES string of the molecule is Cc1c(C(F)(F)F)ccc2c1C(n1ccccc1=O)=C(NS(C)(=O)=O)C(C)(C)O2. The molecule has 2 aromatic rings. The van der Waals surface area contributed by atoms with Gasteiger partial charge in [0.25, 0.3) is 5.56 Å². The van der Waals surface area contributed by atoms with Crippen LogP contribution < -0.4 is 15.0 Å². The normalized spacial score (nSPS) is 16.2. The van der Waals surface area contributed by atoms with Crippen LogP contribution in [0.2, 0.25) is 0 Å². The Kier molecular flexibility index (Phi) is 4.81. The fraction of sp³-hybridized carbons (Fsp3) is 0.316. The highest BCUT2D eigenvalue weighted by Gasteiger charge is 2.41. The van der Waals surface area contributed by atoms with Gasteiger partial charge in [-0.05, 0) is 44.5 Å². The number of nitrogens with one attached hydrogen (secondary N) is 1. The first kappa shape index (κ1) is 21.0. The van der Waals surface area contributed by atoms with Crippen LogP contribution in [-0.4, -0.2) is 24.8 Å². The van der Waals surface area contributed by atoms with Gasteiger partial charge in [-0.15, -0.1) is 0 Å². The Morgan fingerprint density at radius 3 is 2.34 bits per heavy atom. The van der Waals surface area contributed by atoms with Crippen LogP contribution in [-0.2, 0) is 16.2 Å². The van der Waals surface area contributed by atoms with Crippen molar-refractivity contribution < 1.29 is 26.3 Å². The van der Waals surface area contributed by atoms with E-state index in [9.17, 15) is 26.4 Å². The maximum absolute atomic E-state index is 13.5. The summed E-state index contributed by atoms with van der Waals surface area (Å²) in [5.41, 5.74) is -2.93. The maximum Gasteiger partial charge on any atom is 0.416 e. The van der Waals surface area contributed by atoms with Gasteiger partial charge in [0, 0.05) is 17.8 Å². The highest BCUT2D eigenvalue weighted by Crippen LogP contribution is 2.45. The van der Waals surface area contributed by atoms with Gasteiger partial charge >= 0.3 is 6.18 Å². The average Bonchev–Trinajstić information content (AvgIpc) is 2.54. The first-order valence-electron chi connectivity index (χ1n) is 8.53. The highest BCUT2D eigenvalue weighted by atomic mass is 32.2. The molecule has 6 nitrogen and oxygen atoms in total. The molecule has 0 atom stereocenters. The van der Waals surface area contributed by atoms with Gasteiger partial charge in [0.05, 0.1) is 23.2 Å². The van der Waals surface area contributed by atoms with Crippen LogP contribution in [0.25, 0.3) is 5.70 Å². The zero-order chi connectivity index (χ0) is 21.8. The Bertz CT molecular complexity index is 1180.